The summed E-state index contributed by atoms with van der Waals surface area (Å²) in [7, 11) is 0. The van der Waals surface area contributed by atoms with Crippen LogP contribution in [0, 0.1) is 5.92 Å². The van der Waals surface area contributed by atoms with E-state index in [2.05, 4.69) is 13.8 Å². The molecule has 0 bridgehead atoms. The SMILES string of the molecule is CCCCCCCC(=O)C(O)(C(=O)CCCCCCC)C(O)C(O)C(=O)C(CC)CCCC. The smallest absolute Gasteiger partial charge is 0.210 e. The molecule has 194 valence electrons. The van der Waals surface area contributed by atoms with Crippen LogP contribution in [-0.2, 0) is 14.4 Å². The summed E-state index contributed by atoms with van der Waals surface area (Å²) in [6.45, 7) is 8.00. The lowest BCUT2D eigenvalue weighted by Crippen LogP contribution is -2.61. The van der Waals surface area contributed by atoms with Crippen LogP contribution in [0.15, 0.2) is 0 Å². The minimum atomic E-state index is -2.74. The molecule has 6 heteroatoms. The number of hydrogen-bond acceptors (Lipinski definition) is 6. The van der Waals surface area contributed by atoms with Gasteiger partial charge >= 0.3 is 0 Å². The van der Waals surface area contributed by atoms with E-state index in [-0.39, 0.29) is 12.8 Å². The summed E-state index contributed by atoms with van der Waals surface area (Å²) in [5.41, 5.74) is -2.74. The van der Waals surface area contributed by atoms with Crippen molar-refractivity contribution in [1.82, 2.24) is 0 Å². The maximum absolute atomic E-state index is 13.0. The summed E-state index contributed by atoms with van der Waals surface area (Å²) >= 11 is 0. The van der Waals surface area contributed by atoms with Crippen LogP contribution in [0.2, 0.25) is 0 Å². The predicted molar refractivity (Wildman–Crippen MR) is 132 cm³/mol. The Morgan fingerprint density at radius 1 is 0.667 bits per heavy atom. The molecular formula is C27H50O6. The molecule has 0 fully saturated rings. The highest BCUT2D eigenvalue weighted by Crippen LogP contribution is 2.26. The first kappa shape index (κ1) is 31.9. The molecule has 0 spiro atoms. The molecule has 0 saturated heterocycles. The van der Waals surface area contributed by atoms with Crippen LogP contribution >= 0.6 is 0 Å². The molecule has 0 aromatic carbocycles. The fraction of sp³-hybridized carbons (Fsp3) is 0.889. The first-order chi connectivity index (χ1) is 15.7. The van der Waals surface area contributed by atoms with Crippen molar-refractivity contribution in [3.05, 3.63) is 0 Å². The van der Waals surface area contributed by atoms with Gasteiger partial charge in [0.15, 0.2) is 17.3 Å². The first-order valence-electron chi connectivity index (χ1n) is 13.4. The summed E-state index contributed by atoms with van der Waals surface area (Å²) in [4.78, 5) is 38.8. The van der Waals surface area contributed by atoms with Crippen molar-refractivity contribution in [2.45, 2.75) is 148 Å². The van der Waals surface area contributed by atoms with Gasteiger partial charge in [-0.15, -0.1) is 0 Å². The van der Waals surface area contributed by atoms with Gasteiger partial charge in [0, 0.05) is 18.8 Å². The second kappa shape index (κ2) is 18.2. The van der Waals surface area contributed by atoms with Crippen molar-refractivity contribution in [3.8, 4) is 0 Å². The molecular weight excluding hydrogens is 420 g/mol. The van der Waals surface area contributed by atoms with Crippen molar-refractivity contribution < 1.29 is 29.7 Å². The number of Topliss-reactive ketones (excluding diaryl/α,β-unsaturated/α-hetero) is 3. The van der Waals surface area contributed by atoms with Gasteiger partial charge in [0.25, 0.3) is 0 Å². The van der Waals surface area contributed by atoms with Crippen molar-refractivity contribution in [2.75, 3.05) is 0 Å². The molecule has 0 rings (SSSR count). The van der Waals surface area contributed by atoms with Crippen molar-refractivity contribution in [1.29, 1.82) is 0 Å². The number of carbonyl (C=O) groups excluding carboxylic acids is 3. The van der Waals surface area contributed by atoms with Gasteiger partial charge in [-0.2, -0.15) is 0 Å². The molecule has 0 aliphatic rings. The average Bonchev–Trinajstić information content (AvgIpc) is 2.82. The second-order valence-electron chi connectivity index (χ2n) is 9.48. The topological polar surface area (TPSA) is 112 Å². The lowest BCUT2D eigenvalue weighted by molar-refractivity contribution is -0.175. The number of carbonyl (C=O) groups is 3. The highest BCUT2D eigenvalue weighted by atomic mass is 16.4. The maximum Gasteiger partial charge on any atom is 0.210 e. The summed E-state index contributed by atoms with van der Waals surface area (Å²) in [5, 5.41) is 32.7. The molecule has 0 radical (unpaired) electrons. The Labute approximate surface area is 201 Å². The number of rotatable bonds is 22. The summed E-state index contributed by atoms with van der Waals surface area (Å²) in [6, 6.07) is 0. The van der Waals surface area contributed by atoms with Crippen molar-refractivity contribution in [3.63, 3.8) is 0 Å². The monoisotopic (exact) mass is 470 g/mol. The number of aliphatic hydroxyl groups is 3. The van der Waals surface area contributed by atoms with Crippen LogP contribution in [0.5, 0.6) is 0 Å². The van der Waals surface area contributed by atoms with Gasteiger partial charge in [-0.3, -0.25) is 14.4 Å². The van der Waals surface area contributed by atoms with Crippen LogP contribution in [0.4, 0.5) is 0 Å². The third-order valence-electron chi connectivity index (χ3n) is 6.68. The zero-order chi connectivity index (χ0) is 25.3. The Balaban J connectivity index is 5.47. The summed E-state index contributed by atoms with van der Waals surface area (Å²) in [6.07, 6.45) is 7.15. The standard InChI is InChI=1S/C27H50O6/c1-5-9-12-14-16-19-22(28)27(33,23(29)20-17-15-13-10-6-2)26(32)25(31)24(30)21(8-4)18-11-7-3/h21,25-26,31-33H,5-20H2,1-4H3. The van der Waals surface area contributed by atoms with Crippen LogP contribution in [0.1, 0.15) is 130 Å². The Bertz CT molecular complexity index is 533. The van der Waals surface area contributed by atoms with Gasteiger partial charge in [0.05, 0.1) is 0 Å². The quantitative estimate of drug-likeness (QED) is 0.150. The Morgan fingerprint density at radius 3 is 1.48 bits per heavy atom. The van der Waals surface area contributed by atoms with E-state index in [0.29, 0.717) is 25.7 Å². The molecule has 3 atom stereocenters. The van der Waals surface area contributed by atoms with E-state index in [1.807, 2.05) is 13.8 Å². The van der Waals surface area contributed by atoms with E-state index >= 15 is 0 Å². The van der Waals surface area contributed by atoms with Crippen molar-refractivity contribution in [2.24, 2.45) is 5.92 Å². The molecule has 0 aromatic heterocycles. The molecule has 33 heavy (non-hydrogen) atoms. The molecule has 3 N–H and O–H groups in total. The third-order valence-corrected chi connectivity index (χ3v) is 6.68. The molecule has 0 aliphatic heterocycles. The number of hydrogen-bond donors (Lipinski definition) is 3. The van der Waals surface area contributed by atoms with Gasteiger partial charge in [0.1, 0.15) is 12.2 Å². The van der Waals surface area contributed by atoms with Gasteiger partial charge in [-0.25, -0.2) is 0 Å². The third kappa shape index (κ3) is 10.8. The van der Waals surface area contributed by atoms with Gasteiger partial charge in [0.2, 0.25) is 5.60 Å². The molecule has 0 amide bonds. The Hall–Kier alpha value is -1.11. The number of unbranched alkanes of at least 4 members (excludes halogenated alkanes) is 9. The zero-order valence-electron chi connectivity index (χ0n) is 21.6. The second-order valence-corrected chi connectivity index (χ2v) is 9.48. The van der Waals surface area contributed by atoms with Crippen LogP contribution in [0.3, 0.4) is 0 Å². The summed E-state index contributed by atoms with van der Waals surface area (Å²) < 4.78 is 0. The largest absolute Gasteiger partial charge is 0.386 e. The minimum absolute atomic E-state index is 0.0627. The van der Waals surface area contributed by atoms with Gasteiger partial charge in [-0.05, 0) is 25.7 Å². The van der Waals surface area contributed by atoms with Crippen LogP contribution in [0.25, 0.3) is 0 Å². The lowest BCUT2D eigenvalue weighted by Gasteiger charge is -2.33. The predicted octanol–water partition coefficient (Wildman–Crippen LogP) is 5.08. The normalized spacial score (nSPS) is 14.6. The van der Waals surface area contributed by atoms with Gasteiger partial charge < -0.3 is 15.3 Å². The molecule has 6 nitrogen and oxygen atoms in total. The maximum atomic E-state index is 13.0. The average molecular weight is 471 g/mol. The van der Waals surface area contributed by atoms with E-state index in [1.54, 1.807) is 0 Å². The van der Waals surface area contributed by atoms with E-state index in [0.717, 1.165) is 64.2 Å². The highest BCUT2D eigenvalue weighted by molar-refractivity contribution is 6.11. The van der Waals surface area contributed by atoms with E-state index < -0.39 is 41.1 Å². The highest BCUT2D eigenvalue weighted by Gasteiger charge is 2.53. The van der Waals surface area contributed by atoms with Crippen molar-refractivity contribution >= 4 is 17.3 Å². The minimum Gasteiger partial charge on any atom is -0.386 e. The van der Waals surface area contributed by atoms with E-state index in [4.69, 9.17) is 0 Å². The first-order valence-corrected chi connectivity index (χ1v) is 13.4. The molecule has 0 heterocycles. The number of aliphatic hydroxyl groups excluding tert-OH is 2. The molecule has 0 aromatic rings. The fourth-order valence-corrected chi connectivity index (χ4v) is 4.27. The number of ketones is 3. The van der Waals surface area contributed by atoms with Gasteiger partial charge in [-0.1, -0.05) is 91.9 Å². The van der Waals surface area contributed by atoms with E-state index in [9.17, 15) is 29.7 Å². The summed E-state index contributed by atoms with van der Waals surface area (Å²) in [5.74, 6) is -2.67. The molecule has 0 saturated carbocycles. The zero-order valence-corrected chi connectivity index (χ0v) is 21.6. The van der Waals surface area contributed by atoms with Crippen LogP contribution < -0.4 is 0 Å². The Morgan fingerprint density at radius 2 is 1.09 bits per heavy atom. The van der Waals surface area contributed by atoms with Crippen LogP contribution in [-0.4, -0.2) is 50.5 Å². The fourth-order valence-electron chi connectivity index (χ4n) is 4.27. The molecule has 0 aliphatic carbocycles. The lowest BCUT2D eigenvalue weighted by atomic mass is 9.77. The Kier molecular flexibility index (Phi) is 17.6. The molecule has 3 unspecified atom stereocenters. The van der Waals surface area contributed by atoms with E-state index in [1.165, 1.54) is 0 Å².